The van der Waals surface area contributed by atoms with Gasteiger partial charge in [0.05, 0.1) is 127 Å². The molecule has 5 aliphatic rings. The fourth-order valence-corrected chi connectivity index (χ4v) is 11.8. The lowest BCUT2D eigenvalue weighted by Gasteiger charge is -2.23. The number of rotatable bonds is 36. The lowest BCUT2D eigenvalue weighted by molar-refractivity contribution is -0.870. The SMILES string of the molecule is CCCCCCCCCCCOc1ccc(C2=C3C=CC(=N3)C(c3ccc(OCCC[N+](C)(C)C)cc3)=C3C=CC(=N3)C(c3ccc(OCCC[N+](C)(C)C)cc3)=C3C=CC(=N3)C(c3ccc(OCCCCCCCCCCC)cc3)=C3C=CC2=N3)cc1.[Cl-].[Cl-]. The van der Waals surface area contributed by atoms with Gasteiger partial charge in [0.15, 0.2) is 0 Å². The van der Waals surface area contributed by atoms with Crippen molar-refractivity contribution in [3.05, 3.63) is 191 Å². The Morgan fingerprint density at radius 1 is 0.267 bits per heavy atom. The molecular weight excluding hydrogens is 1160 g/mol. The van der Waals surface area contributed by atoms with Gasteiger partial charge >= 0.3 is 0 Å². The smallest absolute Gasteiger partial charge is 0.119 e. The minimum atomic E-state index is 0. The van der Waals surface area contributed by atoms with Crippen LogP contribution in [0.4, 0.5) is 0 Å². The highest BCUT2D eigenvalue weighted by molar-refractivity contribution is 6.39. The molecule has 0 saturated heterocycles. The van der Waals surface area contributed by atoms with Gasteiger partial charge in [-0.15, -0.1) is 0 Å². The first kappa shape index (κ1) is 70.6. The molecule has 0 aliphatic carbocycles. The van der Waals surface area contributed by atoms with Gasteiger partial charge in [0.2, 0.25) is 0 Å². The summed E-state index contributed by atoms with van der Waals surface area (Å²) in [4.78, 5) is 22.3. The first-order chi connectivity index (χ1) is 42.8. The fourth-order valence-electron chi connectivity index (χ4n) is 11.8. The molecule has 5 heterocycles. The van der Waals surface area contributed by atoms with E-state index in [0.29, 0.717) is 26.4 Å². The number of fused-ring (bicyclic) bond motifs is 4. The molecule has 480 valence electrons. The minimum Gasteiger partial charge on any atom is -1.00 e. The van der Waals surface area contributed by atoms with Crippen LogP contribution in [-0.4, -0.2) is 114 Å². The van der Waals surface area contributed by atoms with Crippen molar-refractivity contribution in [2.75, 3.05) is 81.8 Å². The molecule has 0 amide bonds. The molecule has 0 fully saturated rings. The highest BCUT2D eigenvalue weighted by Crippen LogP contribution is 2.40. The number of hydrogen-bond donors (Lipinski definition) is 0. The van der Waals surface area contributed by atoms with Gasteiger partial charge in [-0.1, -0.05) is 165 Å². The second-order valence-corrected chi connectivity index (χ2v) is 26.2. The van der Waals surface area contributed by atoms with E-state index >= 15 is 0 Å². The zero-order chi connectivity index (χ0) is 61.6. The largest absolute Gasteiger partial charge is 1.00 e. The van der Waals surface area contributed by atoms with Crippen LogP contribution in [0, 0.1) is 0 Å². The summed E-state index contributed by atoms with van der Waals surface area (Å²) in [6.07, 6.45) is 42.0. The van der Waals surface area contributed by atoms with E-state index in [-0.39, 0.29) is 24.8 Å². The molecule has 10 nitrogen and oxygen atoms in total. The Hall–Kier alpha value is -6.82. The zero-order valence-corrected chi connectivity index (χ0v) is 56.8. The second-order valence-electron chi connectivity index (χ2n) is 26.2. The maximum absolute atomic E-state index is 6.37. The standard InChI is InChI=1S/C78H100N6O4.2ClH/c1-9-11-13-15-17-19-21-23-25-55-85-63-37-29-59(30-38-63)75-67-45-46-68(79-67)76(60-31-39-64(40-32-60)86-56-26-24-22-20-18-16-14-12-10-2)70-48-50-72(81-70)78(62-35-43-66(44-36-62)88-58-28-54-84(6,7)8)74-52-51-73(82-74)77(71-49-47-69(75)80-71)61-33-41-65(42-34-61)87-57-27-53-83(3,4)5;;/h29-52H,9-28,53-58H2,1-8H3;2*1H/q+2;;/p-2. The molecule has 9 rings (SSSR count). The van der Waals surface area contributed by atoms with Crippen molar-refractivity contribution in [2.45, 2.75) is 142 Å². The highest BCUT2D eigenvalue weighted by atomic mass is 35.5. The summed E-state index contributed by atoms with van der Waals surface area (Å²) < 4.78 is 27.2. The van der Waals surface area contributed by atoms with Gasteiger partial charge in [0, 0.05) is 35.1 Å². The summed E-state index contributed by atoms with van der Waals surface area (Å²) in [5, 5.41) is 0. The predicted octanol–water partition coefficient (Wildman–Crippen LogP) is 12.5. The number of aliphatic imine (C=N–C) groups is 4. The van der Waals surface area contributed by atoms with Gasteiger partial charge < -0.3 is 52.7 Å². The Labute approximate surface area is 552 Å². The number of unbranched alkanes of at least 4 members (excludes halogenated alkanes) is 16. The Kier molecular flexibility index (Phi) is 28.0. The molecule has 0 aromatic heterocycles. The van der Waals surface area contributed by atoms with Crippen molar-refractivity contribution >= 4 is 45.1 Å². The van der Waals surface area contributed by atoms with Crippen molar-refractivity contribution in [1.29, 1.82) is 0 Å². The molecule has 0 N–H and O–H groups in total. The average molecular weight is 1260 g/mol. The maximum atomic E-state index is 6.37. The summed E-state index contributed by atoms with van der Waals surface area (Å²) >= 11 is 0. The van der Waals surface area contributed by atoms with Crippen molar-refractivity contribution in [2.24, 2.45) is 20.0 Å². The summed E-state index contributed by atoms with van der Waals surface area (Å²) in [7, 11) is 13.3. The lowest BCUT2D eigenvalue weighted by atomic mass is 9.98. The van der Waals surface area contributed by atoms with Crippen molar-refractivity contribution in [3.8, 4) is 23.0 Å². The van der Waals surface area contributed by atoms with Crippen LogP contribution >= 0.6 is 0 Å². The maximum Gasteiger partial charge on any atom is 0.119 e. The number of allylic oxidation sites excluding steroid dienone is 12. The van der Waals surface area contributed by atoms with Gasteiger partial charge in [0.25, 0.3) is 0 Å². The minimum absolute atomic E-state index is 0. The quantitative estimate of drug-likeness (QED) is 0.0335. The summed E-state index contributed by atoms with van der Waals surface area (Å²) in [5.74, 6) is 3.39. The lowest BCUT2D eigenvalue weighted by Crippen LogP contribution is -3.00. The van der Waals surface area contributed by atoms with Crippen LogP contribution in [0.1, 0.15) is 165 Å². The molecule has 90 heavy (non-hydrogen) atoms. The third-order valence-electron chi connectivity index (χ3n) is 16.7. The van der Waals surface area contributed by atoms with Gasteiger partial charge in [-0.05, 0) is 132 Å². The number of nitrogens with zero attached hydrogens (tertiary/aromatic N) is 6. The topological polar surface area (TPSA) is 86.4 Å². The summed E-state index contributed by atoms with van der Waals surface area (Å²) in [6, 6.07) is 33.8. The molecule has 12 heteroatoms. The molecular formula is C78H100Cl2N6O4. The Morgan fingerprint density at radius 2 is 0.478 bits per heavy atom. The van der Waals surface area contributed by atoms with Crippen molar-refractivity contribution < 1.29 is 52.7 Å². The molecule has 5 aliphatic heterocycles. The highest BCUT2D eigenvalue weighted by Gasteiger charge is 2.28. The first-order valence-corrected chi connectivity index (χ1v) is 33.4. The molecule has 4 aromatic carbocycles. The number of ether oxygens (including phenoxy) is 4. The molecule has 0 atom stereocenters. The molecule has 0 saturated carbocycles. The number of hydrogen-bond acceptors (Lipinski definition) is 8. The molecule has 4 aromatic rings. The van der Waals surface area contributed by atoms with Gasteiger partial charge in [0.1, 0.15) is 23.0 Å². The van der Waals surface area contributed by atoms with Crippen LogP contribution in [-0.2, 0) is 0 Å². The average Bonchev–Trinajstić information content (AvgIpc) is 1.65. The number of halogens is 2. The van der Waals surface area contributed by atoms with Crippen molar-refractivity contribution in [3.63, 3.8) is 0 Å². The molecule has 0 unspecified atom stereocenters. The fraction of sp³-hybridized carbons (Fsp3) is 0.436. The van der Waals surface area contributed by atoms with E-state index in [1.54, 1.807) is 0 Å². The Bertz CT molecular complexity index is 3230. The normalized spacial score (nSPS) is 15.1. The third kappa shape index (κ3) is 21.1. The van der Waals surface area contributed by atoms with E-state index < -0.39 is 0 Å². The van der Waals surface area contributed by atoms with Crippen LogP contribution in [0.2, 0.25) is 0 Å². The van der Waals surface area contributed by atoms with Crippen LogP contribution in [0.15, 0.2) is 188 Å². The van der Waals surface area contributed by atoms with E-state index in [2.05, 4.69) is 202 Å². The second kappa shape index (κ2) is 35.7. The molecule has 8 bridgehead atoms. The number of benzene rings is 4. The van der Waals surface area contributed by atoms with Gasteiger partial charge in [-0.3, -0.25) is 0 Å². The predicted molar refractivity (Wildman–Crippen MR) is 371 cm³/mol. The summed E-state index contributed by atoms with van der Waals surface area (Å²) in [5.41, 5.74) is 14.1. The Morgan fingerprint density at radius 3 is 0.700 bits per heavy atom. The van der Waals surface area contributed by atoms with E-state index in [1.807, 2.05) is 0 Å². The van der Waals surface area contributed by atoms with Crippen LogP contribution in [0.3, 0.4) is 0 Å². The Balaban J connectivity index is 0.00000576. The van der Waals surface area contributed by atoms with Gasteiger partial charge in [-0.2, -0.15) is 0 Å². The molecule has 0 radical (unpaired) electrons. The monoisotopic (exact) mass is 1250 g/mol. The van der Waals surface area contributed by atoms with E-state index in [4.69, 9.17) is 38.9 Å². The van der Waals surface area contributed by atoms with Crippen LogP contribution in [0.5, 0.6) is 23.0 Å². The molecule has 0 spiro atoms. The summed E-state index contributed by atoms with van der Waals surface area (Å²) in [6.45, 7) is 9.32. The number of quaternary nitrogens is 2. The van der Waals surface area contributed by atoms with E-state index in [9.17, 15) is 0 Å². The van der Waals surface area contributed by atoms with E-state index in [1.165, 1.54) is 103 Å². The van der Waals surface area contributed by atoms with Crippen LogP contribution in [0.25, 0.3) is 22.3 Å². The van der Waals surface area contributed by atoms with Crippen LogP contribution < -0.4 is 43.8 Å². The van der Waals surface area contributed by atoms with E-state index in [0.717, 1.165) is 161 Å². The zero-order valence-electron chi connectivity index (χ0n) is 55.3. The van der Waals surface area contributed by atoms with Gasteiger partial charge in [-0.25, -0.2) is 20.0 Å². The third-order valence-corrected chi connectivity index (χ3v) is 16.7. The first-order valence-electron chi connectivity index (χ1n) is 33.4. The van der Waals surface area contributed by atoms with Crippen molar-refractivity contribution in [1.82, 2.24) is 0 Å².